The van der Waals surface area contributed by atoms with Gasteiger partial charge in [-0.25, -0.2) is 9.40 Å². The molecule has 1 N–H and O–H groups in total. The zero-order chi connectivity index (χ0) is 21.6. The zero-order valence-electron chi connectivity index (χ0n) is 18.7. The van der Waals surface area contributed by atoms with Gasteiger partial charge in [-0.05, 0) is 43.3 Å². The van der Waals surface area contributed by atoms with E-state index in [9.17, 15) is 4.39 Å². The number of likely N-dealkylation sites (N-methyl/N-ethyl adjacent to an activating group) is 1. The Hall–Kier alpha value is -2.35. The summed E-state index contributed by atoms with van der Waals surface area (Å²) in [6.07, 6.45) is 0.757. The number of halogens is 1. The number of hydrogen-bond acceptors (Lipinski definition) is 6. The molecule has 168 valence electrons. The van der Waals surface area contributed by atoms with Crippen LogP contribution in [0.5, 0.6) is 5.75 Å². The van der Waals surface area contributed by atoms with Crippen LogP contribution < -0.4 is 15.1 Å². The second kappa shape index (κ2) is 10.3. The van der Waals surface area contributed by atoms with Gasteiger partial charge >= 0.3 is 0 Å². The van der Waals surface area contributed by atoms with Gasteiger partial charge in [0.25, 0.3) is 0 Å². The molecule has 0 bridgehead atoms. The standard InChI is InChI=1S/C24H34FN5O/c1-27-11-15-29(16-12-27)23-19-21(7-8-24(23)31-2)26-30-17-13-28(14-18-30)10-9-20-5-3-4-6-22(20)25/h3-8,19,26H,9-18H2,1-2H3. The van der Waals surface area contributed by atoms with Crippen LogP contribution in [0.1, 0.15) is 5.56 Å². The van der Waals surface area contributed by atoms with Crippen LogP contribution in [-0.2, 0) is 6.42 Å². The van der Waals surface area contributed by atoms with Gasteiger partial charge in [0.2, 0.25) is 0 Å². The van der Waals surface area contributed by atoms with Crippen molar-refractivity contribution in [2.75, 3.05) is 83.4 Å². The summed E-state index contributed by atoms with van der Waals surface area (Å²) in [4.78, 5) is 7.18. The lowest BCUT2D eigenvalue weighted by Crippen LogP contribution is -2.49. The van der Waals surface area contributed by atoms with Gasteiger partial charge in [-0.3, -0.25) is 0 Å². The molecule has 2 aromatic carbocycles. The predicted molar refractivity (Wildman–Crippen MR) is 124 cm³/mol. The van der Waals surface area contributed by atoms with Crippen molar-refractivity contribution >= 4 is 11.4 Å². The Kier molecular flexibility index (Phi) is 7.27. The number of nitrogens with one attached hydrogen (secondary N) is 1. The van der Waals surface area contributed by atoms with Crippen LogP contribution in [0, 0.1) is 5.82 Å². The van der Waals surface area contributed by atoms with Crippen molar-refractivity contribution in [2.45, 2.75) is 6.42 Å². The average Bonchev–Trinajstić information content (AvgIpc) is 2.80. The first-order chi connectivity index (χ1) is 15.1. The average molecular weight is 428 g/mol. The summed E-state index contributed by atoms with van der Waals surface area (Å²) < 4.78 is 19.5. The summed E-state index contributed by atoms with van der Waals surface area (Å²) in [6, 6.07) is 13.4. The molecule has 2 saturated heterocycles. The highest BCUT2D eigenvalue weighted by molar-refractivity contribution is 5.66. The number of methoxy groups -OCH3 is 1. The minimum atomic E-state index is -0.0986. The predicted octanol–water partition coefficient (Wildman–Crippen LogP) is 2.77. The number of benzene rings is 2. The van der Waals surface area contributed by atoms with Crippen LogP contribution in [-0.4, -0.2) is 87.9 Å². The Morgan fingerprint density at radius 2 is 1.68 bits per heavy atom. The molecule has 0 saturated carbocycles. The van der Waals surface area contributed by atoms with Crippen molar-refractivity contribution in [3.05, 3.63) is 53.8 Å². The Morgan fingerprint density at radius 1 is 0.935 bits per heavy atom. The van der Waals surface area contributed by atoms with Crippen LogP contribution >= 0.6 is 0 Å². The van der Waals surface area contributed by atoms with E-state index in [2.05, 4.69) is 50.4 Å². The summed E-state index contributed by atoms with van der Waals surface area (Å²) >= 11 is 0. The van der Waals surface area contributed by atoms with Crippen molar-refractivity contribution in [3.63, 3.8) is 0 Å². The fourth-order valence-corrected chi connectivity index (χ4v) is 4.30. The summed E-state index contributed by atoms with van der Waals surface area (Å²) in [5.41, 5.74) is 6.63. The molecule has 2 heterocycles. The van der Waals surface area contributed by atoms with Gasteiger partial charge in [0.15, 0.2) is 0 Å². The van der Waals surface area contributed by atoms with Gasteiger partial charge in [0.05, 0.1) is 18.5 Å². The lowest BCUT2D eigenvalue weighted by molar-refractivity contribution is 0.154. The topological polar surface area (TPSA) is 34.2 Å². The Labute approximate surface area is 185 Å². The molecule has 0 radical (unpaired) electrons. The molecule has 31 heavy (non-hydrogen) atoms. The second-order valence-corrected chi connectivity index (χ2v) is 8.46. The minimum absolute atomic E-state index is 0.0986. The fraction of sp³-hybridized carbons (Fsp3) is 0.500. The molecule has 7 heteroatoms. The van der Waals surface area contributed by atoms with E-state index in [1.165, 1.54) is 0 Å². The summed E-state index contributed by atoms with van der Waals surface area (Å²) in [5.74, 6) is 0.825. The third-order valence-corrected chi connectivity index (χ3v) is 6.34. The van der Waals surface area contributed by atoms with Crippen molar-refractivity contribution in [3.8, 4) is 5.75 Å². The van der Waals surface area contributed by atoms with Crippen molar-refractivity contribution in [1.82, 2.24) is 14.8 Å². The van der Waals surface area contributed by atoms with E-state index in [1.807, 2.05) is 12.1 Å². The number of piperazine rings is 2. The highest BCUT2D eigenvalue weighted by atomic mass is 19.1. The first-order valence-corrected chi connectivity index (χ1v) is 11.2. The second-order valence-electron chi connectivity index (χ2n) is 8.46. The van der Waals surface area contributed by atoms with Crippen molar-refractivity contribution in [1.29, 1.82) is 0 Å². The van der Waals surface area contributed by atoms with E-state index in [0.29, 0.717) is 0 Å². The molecule has 0 atom stereocenters. The third kappa shape index (κ3) is 5.67. The quantitative estimate of drug-likeness (QED) is 0.732. The summed E-state index contributed by atoms with van der Waals surface area (Å²) in [7, 11) is 3.91. The van der Waals surface area contributed by atoms with Crippen molar-refractivity contribution < 1.29 is 9.13 Å². The number of hydrogen-bond donors (Lipinski definition) is 1. The van der Waals surface area contributed by atoms with E-state index >= 15 is 0 Å². The van der Waals surface area contributed by atoms with Crippen LogP contribution in [0.3, 0.4) is 0 Å². The monoisotopic (exact) mass is 427 g/mol. The molecule has 0 unspecified atom stereocenters. The molecule has 0 aliphatic carbocycles. The normalized spacial score (nSPS) is 18.9. The minimum Gasteiger partial charge on any atom is -0.495 e. The van der Waals surface area contributed by atoms with Crippen LogP contribution in [0.15, 0.2) is 42.5 Å². The van der Waals surface area contributed by atoms with Crippen LogP contribution in [0.2, 0.25) is 0 Å². The highest BCUT2D eigenvalue weighted by Crippen LogP contribution is 2.32. The van der Waals surface area contributed by atoms with E-state index in [1.54, 1.807) is 19.2 Å². The first-order valence-electron chi connectivity index (χ1n) is 11.2. The number of ether oxygens (including phenoxy) is 1. The third-order valence-electron chi connectivity index (χ3n) is 6.34. The SMILES string of the molecule is COc1ccc(NN2CCN(CCc3ccccc3F)CC2)cc1N1CCN(C)CC1. The molecule has 2 aromatic rings. The molecular weight excluding hydrogens is 393 g/mol. The molecule has 2 aliphatic rings. The van der Waals surface area contributed by atoms with E-state index in [0.717, 1.165) is 88.0 Å². The molecule has 2 aliphatic heterocycles. The summed E-state index contributed by atoms with van der Waals surface area (Å²) in [5, 5.41) is 2.27. The smallest absolute Gasteiger partial charge is 0.142 e. The maximum atomic E-state index is 13.8. The number of anilines is 2. The molecule has 0 spiro atoms. The van der Waals surface area contributed by atoms with Crippen LogP contribution in [0.4, 0.5) is 15.8 Å². The number of rotatable bonds is 7. The Morgan fingerprint density at radius 3 is 2.39 bits per heavy atom. The van der Waals surface area contributed by atoms with E-state index in [-0.39, 0.29) is 5.82 Å². The van der Waals surface area contributed by atoms with Crippen LogP contribution in [0.25, 0.3) is 0 Å². The maximum absolute atomic E-state index is 13.8. The van der Waals surface area contributed by atoms with Crippen molar-refractivity contribution in [2.24, 2.45) is 0 Å². The fourth-order valence-electron chi connectivity index (χ4n) is 4.30. The molecule has 0 aromatic heterocycles. The number of nitrogens with zero attached hydrogens (tertiary/aromatic N) is 4. The lowest BCUT2D eigenvalue weighted by Gasteiger charge is -2.36. The molecule has 6 nitrogen and oxygen atoms in total. The van der Waals surface area contributed by atoms with E-state index in [4.69, 9.17) is 4.74 Å². The van der Waals surface area contributed by atoms with Gasteiger partial charge < -0.3 is 24.9 Å². The van der Waals surface area contributed by atoms with Gasteiger partial charge in [-0.15, -0.1) is 0 Å². The molecular formula is C24H34FN5O. The molecule has 0 amide bonds. The zero-order valence-corrected chi connectivity index (χ0v) is 18.7. The van der Waals surface area contributed by atoms with E-state index < -0.39 is 0 Å². The maximum Gasteiger partial charge on any atom is 0.142 e. The lowest BCUT2D eigenvalue weighted by atomic mass is 10.1. The summed E-state index contributed by atoms with van der Waals surface area (Å²) in [6.45, 7) is 8.87. The Bertz CT molecular complexity index is 848. The van der Waals surface area contributed by atoms with Gasteiger partial charge in [0, 0.05) is 58.9 Å². The molecule has 2 fully saturated rings. The largest absolute Gasteiger partial charge is 0.495 e. The first kappa shape index (κ1) is 21.9. The van der Waals surface area contributed by atoms with Gasteiger partial charge in [-0.2, -0.15) is 0 Å². The Balaban J connectivity index is 1.30. The highest BCUT2D eigenvalue weighted by Gasteiger charge is 2.20. The van der Waals surface area contributed by atoms with Gasteiger partial charge in [-0.1, -0.05) is 18.2 Å². The molecule has 4 rings (SSSR count). The number of hydrazine groups is 1. The van der Waals surface area contributed by atoms with Gasteiger partial charge in [0.1, 0.15) is 11.6 Å².